The number of nitrogens with one attached hydrogen (secondary N) is 1. The minimum atomic E-state index is -0.0215. The summed E-state index contributed by atoms with van der Waals surface area (Å²) < 4.78 is 5.01. The summed E-state index contributed by atoms with van der Waals surface area (Å²) in [6, 6.07) is 16.3. The normalized spacial score (nSPS) is 16.0. The van der Waals surface area contributed by atoms with Crippen molar-refractivity contribution in [3.63, 3.8) is 0 Å². The van der Waals surface area contributed by atoms with Gasteiger partial charge in [-0.15, -0.1) is 11.8 Å². The average molecular weight is 379 g/mol. The van der Waals surface area contributed by atoms with Crippen LogP contribution in [0.2, 0.25) is 0 Å². The number of nitrogens with zero attached hydrogens (tertiary/aromatic N) is 2. The molecule has 0 fully saturated rings. The van der Waals surface area contributed by atoms with E-state index in [4.69, 9.17) is 4.52 Å². The van der Waals surface area contributed by atoms with Crippen LogP contribution in [0.3, 0.4) is 0 Å². The summed E-state index contributed by atoms with van der Waals surface area (Å²) in [5.74, 6) is 1.73. The van der Waals surface area contributed by atoms with Crippen molar-refractivity contribution in [3.8, 4) is 0 Å². The van der Waals surface area contributed by atoms with Gasteiger partial charge in [0.15, 0.2) is 5.82 Å². The molecule has 3 aromatic rings. The summed E-state index contributed by atoms with van der Waals surface area (Å²) in [6.45, 7) is 1.77. The third kappa shape index (κ3) is 4.22. The molecular weight excluding hydrogens is 358 g/mol. The van der Waals surface area contributed by atoms with E-state index in [1.807, 2.05) is 24.3 Å². The number of hydrogen-bond donors (Lipinski definition) is 1. The molecule has 1 aliphatic rings. The van der Waals surface area contributed by atoms with Gasteiger partial charge in [-0.25, -0.2) is 0 Å². The van der Waals surface area contributed by atoms with Crippen LogP contribution in [0.25, 0.3) is 0 Å². The highest BCUT2D eigenvalue weighted by Gasteiger charge is 2.21. The number of rotatable bonds is 5. The number of thioether (sulfide) groups is 1. The Labute approximate surface area is 162 Å². The average Bonchev–Trinajstić information content (AvgIpc) is 3.11. The molecule has 138 valence electrons. The number of benzene rings is 2. The Morgan fingerprint density at radius 2 is 1.96 bits per heavy atom. The summed E-state index contributed by atoms with van der Waals surface area (Å²) in [5, 5.41) is 7.13. The van der Waals surface area contributed by atoms with E-state index in [1.165, 1.54) is 11.1 Å². The van der Waals surface area contributed by atoms with Gasteiger partial charge in [0, 0.05) is 17.9 Å². The number of carbonyl (C=O) groups is 1. The van der Waals surface area contributed by atoms with Crippen molar-refractivity contribution < 1.29 is 9.32 Å². The Morgan fingerprint density at radius 1 is 1.19 bits per heavy atom. The first kappa shape index (κ1) is 17.8. The van der Waals surface area contributed by atoms with E-state index in [2.05, 4.69) is 39.7 Å². The lowest BCUT2D eigenvalue weighted by Crippen LogP contribution is -2.39. The van der Waals surface area contributed by atoms with Crippen LogP contribution in [-0.2, 0) is 18.6 Å². The van der Waals surface area contributed by atoms with Gasteiger partial charge in [0.1, 0.15) is 0 Å². The molecule has 1 unspecified atom stereocenters. The molecule has 5 nitrogen and oxygen atoms in total. The highest BCUT2D eigenvalue weighted by molar-refractivity contribution is 7.98. The Bertz CT molecular complexity index is 954. The van der Waals surface area contributed by atoms with Crippen molar-refractivity contribution >= 4 is 17.7 Å². The number of hydrogen-bond acceptors (Lipinski definition) is 5. The van der Waals surface area contributed by atoms with Crippen LogP contribution >= 0.6 is 11.8 Å². The summed E-state index contributed by atoms with van der Waals surface area (Å²) >= 11 is 1.55. The quantitative estimate of drug-likeness (QED) is 0.680. The van der Waals surface area contributed by atoms with Gasteiger partial charge >= 0.3 is 0 Å². The van der Waals surface area contributed by atoms with Gasteiger partial charge in [-0.05, 0) is 42.5 Å². The van der Waals surface area contributed by atoms with Crippen LogP contribution in [0.15, 0.2) is 57.9 Å². The number of aromatic nitrogens is 2. The molecule has 0 bridgehead atoms. The lowest BCUT2D eigenvalue weighted by atomic mass is 9.88. The van der Waals surface area contributed by atoms with Crippen LogP contribution in [0.4, 0.5) is 0 Å². The summed E-state index contributed by atoms with van der Waals surface area (Å²) in [7, 11) is 0. The molecular formula is C21H21N3O2S. The first-order valence-corrected chi connectivity index (χ1v) is 10.1. The molecule has 0 aliphatic heterocycles. The lowest BCUT2D eigenvalue weighted by molar-refractivity contribution is 0.0930. The third-order valence-corrected chi connectivity index (χ3v) is 5.81. The SMILES string of the molecule is Cc1nc(CSc2ccccc2C(=O)NC2CCc3ccccc3C2)no1. The molecule has 0 saturated carbocycles. The van der Waals surface area contributed by atoms with E-state index in [-0.39, 0.29) is 11.9 Å². The molecule has 2 aromatic carbocycles. The predicted molar refractivity (Wildman–Crippen MR) is 105 cm³/mol. The van der Waals surface area contributed by atoms with Crippen LogP contribution < -0.4 is 5.32 Å². The van der Waals surface area contributed by atoms with Crippen molar-refractivity contribution in [1.82, 2.24) is 15.5 Å². The van der Waals surface area contributed by atoms with E-state index in [9.17, 15) is 4.79 Å². The third-order valence-electron chi connectivity index (χ3n) is 4.74. The zero-order chi connectivity index (χ0) is 18.6. The predicted octanol–water partition coefficient (Wildman–Crippen LogP) is 3.96. The van der Waals surface area contributed by atoms with E-state index >= 15 is 0 Å². The Balaban J connectivity index is 1.43. The molecule has 1 N–H and O–H groups in total. The number of carbonyl (C=O) groups excluding carboxylic acids is 1. The van der Waals surface area contributed by atoms with Crippen molar-refractivity contribution in [3.05, 3.63) is 76.9 Å². The van der Waals surface area contributed by atoms with Crippen molar-refractivity contribution in [1.29, 1.82) is 0 Å². The summed E-state index contributed by atoms with van der Waals surface area (Å²) in [4.78, 5) is 18.0. The van der Waals surface area contributed by atoms with Gasteiger partial charge in [0.2, 0.25) is 5.89 Å². The highest BCUT2D eigenvalue weighted by atomic mass is 32.2. The van der Waals surface area contributed by atoms with Crippen LogP contribution in [0, 0.1) is 6.92 Å². The van der Waals surface area contributed by atoms with Gasteiger partial charge in [0.25, 0.3) is 5.91 Å². The Morgan fingerprint density at radius 3 is 2.78 bits per heavy atom. The van der Waals surface area contributed by atoms with Gasteiger partial charge in [-0.2, -0.15) is 4.98 Å². The number of amides is 1. The van der Waals surface area contributed by atoms with Crippen molar-refractivity contribution in [2.75, 3.05) is 0 Å². The van der Waals surface area contributed by atoms with Gasteiger partial charge in [-0.1, -0.05) is 41.6 Å². The molecule has 1 heterocycles. The van der Waals surface area contributed by atoms with Gasteiger partial charge in [0.05, 0.1) is 11.3 Å². The second-order valence-corrected chi connectivity index (χ2v) is 7.71. The highest BCUT2D eigenvalue weighted by Crippen LogP contribution is 2.26. The van der Waals surface area contributed by atoms with E-state index < -0.39 is 0 Å². The maximum absolute atomic E-state index is 12.9. The van der Waals surface area contributed by atoms with Gasteiger partial charge in [-0.3, -0.25) is 4.79 Å². The maximum Gasteiger partial charge on any atom is 0.252 e. The van der Waals surface area contributed by atoms with E-state index in [0.29, 0.717) is 23.0 Å². The monoisotopic (exact) mass is 379 g/mol. The fraction of sp³-hybridized carbons (Fsp3) is 0.286. The topological polar surface area (TPSA) is 68.0 Å². The Hall–Kier alpha value is -2.60. The number of aryl methyl sites for hydroxylation is 2. The zero-order valence-corrected chi connectivity index (χ0v) is 16.0. The number of fused-ring (bicyclic) bond motifs is 1. The fourth-order valence-electron chi connectivity index (χ4n) is 3.41. The minimum Gasteiger partial charge on any atom is -0.349 e. The summed E-state index contributed by atoms with van der Waals surface area (Å²) in [5.41, 5.74) is 3.43. The molecule has 1 aromatic heterocycles. The van der Waals surface area contributed by atoms with Crippen molar-refractivity contribution in [2.45, 2.75) is 42.9 Å². The second-order valence-electron chi connectivity index (χ2n) is 6.70. The molecule has 4 rings (SSSR count). The van der Waals surface area contributed by atoms with Gasteiger partial charge < -0.3 is 9.84 Å². The molecule has 6 heteroatoms. The fourth-order valence-corrected chi connectivity index (χ4v) is 4.30. The molecule has 0 saturated heterocycles. The van der Waals surface area contributed by atoms with Crippen LogP contribution in [0.1, 0.15) is 39.6 Å². The molecule has 0 radical (unpaired) electrons. The smallest absolute Gasteiger partial charge is 0.252 e. The molecule has 27 heavy (non-hydrogen) atoms. The molecule has 0 spiro atoms. The lowest BCUT2D eigenvalue weighted by Gasteiger charge is -2.25. The largest absolute Gasteiger partial charge is 0.349 e. The summed E-state index contributed by atoms with van der Waals surface area (Å²) in [6.07, 6.45) is 2.87. The molecule has 1 atom stereocenters. The molecule has 1 amide bonds. The first-order chi connectivity index (χ1) is 13.2. The maximum atomic E-state index is 12.9. The zero-order valence-electron chi connectivity index (χ0n) is 15.1. The second kappa shape index (κ2) is 7.96. The molecule has 1 aliphatic carbocycles. The minimum absolute atomic E-state index is 0.0215. The van der Waals surface area contributed by atoms with Crippen molar-refractivity contribution in [2.24, 2.45) is 0 Å². The van der Waals surface area contributed by atoms with E-state index in [1.54, 1.807) is 18.7 Å². The Kier molecular flexibility index (Phi) is 5.25. The first-order valence-electron chi connectivity index (χ1n) is 9.07. The van der Waals surface area contributed by atoms with Crippen LogP contribution in [0.5, 0.6) is 0 Å². The standard InChI is InChI=1S/C21H21N3O2S/c1-14-22-20(24-26-14)13-27-19-9-5-4-8-18(19)21(25)23-17-11-10-15-6-2-3-7-16(15)12-17/h2-9,17H,10-13H2,1H3,(H,23,25). The van der Waals surface area contributed by atoms with E-state index in [0.717, 1.165) is 24.2 Å². The van der Waals surface area contributed by atoms with Crippen LogP contribution in [-0.4, -0.2) is 22.1 Å².